The summed E-state index contributed by atoms with van der Waals surface area (Å²) < 4.78 is 0. The summed E-state index contributed by atoms with van der Waals surface area (Å²) >= 11 is 6.06. The van der Waals surface area contributed by atoms with Crippen LogP contribution in [0.5, 0.6) is 0 Å². The van der Waals surface area contributed by atoms with Gasteiger partial charge in [-0.05, 0) is 37.4 Å². The molecule has 2 atom stereocenters. The first-order chi connectivity index (χ1) is 7.77. The topological polar surface area (TPSA) is 32.3 Å². The van der Waals surface area contributed by atoms with Crippen molar-refractivity contribution < 1.29 is 5.11 Å². The predicted molar refractivity (Wildman–Crippen MR) is 66.7 cm³/mol. The lowest BCUT2D eigenvalue weighted by Crippen LogP contribution is -2.35. The van der Waals surface area contributed by atoms with Gasteiger partial charge in [0.15, 0.2) is 0 Å². The Balaban J connectivity index is 1.96. The van der Waals surface area contributed by atoms with E-state index in [2.05, 4.69) is 5.32 Å². The van der Waals surface area contributed by atoms with Crippen molar-refractivity contribution in [2.45, 2.75) is 37.8 Å². The average Bonchev–Trinajstić information content (AvgIpc) is 2.31. The zero-order valence-electron chi connectivity index (χ0n) is 9.32. The summed E-state index contributed by atoms with van der Waals surface area (Å²) in [5.41, 5.74) is 0.844. The number of piperidine rings is 1. The van der Waals surface area contributed by atoms with Gasteiger partial charge >= 0.3 is 0 Å². The summed E-state index contributed by atoms with van der Waals surface area (Å²) in [6, 6.07) is 7.96. The van der Waals surface area contributed by atoms with Crippen LogP contribution in [0.2, 0.25) is 5.02 Å². The van der Waals surface area contributed by atoms with Crippen LogP contribution < -0.4 is 5.32 Å². The first kappa shape index (κ1) is 11.9. The second-order valence-electron chi connectivity index (χ2n) is 4.42. The maximum atomic E-state index is 10.1. The van der Waals surface area contributed by atoms with E-state index in [0.29, 0.717) is 11.1 Å². The molecule has 0 bridgehead atoms. The van der Waals surface area contributed by atoms with Crippen molar-refractivity contribution in [2.24, 2.45) is 0 Å². The summed E-state index contributed by atoms with van der Waals surface area (Å²) in [6.45, 7) is 1.07. The van der Waals surface area contributed by atoms with E-state index in [0.717, 1.165) is 24.9 Å². The van der Waals surface area contributed by atoms with Gasteiger partial charge in [0, 0.05) is 11.1 Å². The Morgan fingerprint density at radius 3 is 2.88 bits per heavy atom. The smallest absolute Gasteiger partial charge is 0.0819 e. The molecule has 1 aliphatic heterocycles. The van der Waals surface area contributed by atoms with E-state index < -0.39 is 6.10 Å². The molecule has 0 aliphatic carbocycles. The maximum Gasteiger partial charge on any atom is 0.0819 e. The van der Waals surface area contributed by atoms with Gasteiger partial charge in [-0.1, -0.05) is 36.2 Å². The zero-order valence-corrected chi connectivity index (χ0v) is 10.1. The van der Waals surface area contributed by atoms with Gasteiger partial charge in [-0.25, -0.2) is 0 Å². The minimum absolute atomic E-state index is 0.431. The highest BCUT2D eigenvalue weighted by Crippen LogP contribution is 2.27. The molecule has 2 rings (SSSR count). The van der Waals surface area contributed by atoms with Gasteiger partial charge in [0.2, 0.25) is 0 Å². The number of aliphatic hydroxyl groups excluding tert-OH is 1. The molecule has 1 aromatic rings. The molecule has 3 heteroatoms. The van der Waals surface area contributed by atoms with Crippen molar-refractivity contribution in [3.8, 4) is 0 Å². The fourth-order valence-corrected chi connectivity index (χ4v) is 2.53. The van der Waals surface area contributed by atoms with Gasteiger partial charge in [0.1, 0.15) is 0 Å². The lowest BCUT2D eigenvalue weighted by Gasteiger charge is -2.26. The monoisotopic (exact) mass is 239 g/mol. The summed E-state index contributed by atoms with van der Waals surface area (Å²) in [7, 11) is 0. The molecule has 2 unspecified atom stereocenters. The van der Waals surface area contributed by atoms with E-state index >= 15 is 0 Å². The molecule has 2 N–H and O–H groups in total. The maximum absolute atomic E-state index is 10.1. The predicted octanol–water partition coefficient (Wildman–Crippen LogP) is 2.91. The number of aliphatic hydroxyl groups is 1. The Labute approximate surface area is 102 Å². The van der Waals surface area contributed by atoms with Gasteiger partial charge in [-0.2, -0.15) is 0 Å². The van der Waals surface area contributed by atoms with Crippen molar-refractivity contribution in [3.05, 3.63) is 34.9 Å². The molecule has 0 saturated carbocycles. The Hall–Kier alpha value is -0.570. The molecule has 0 radical (unpaired) electrons. The van der Waals surface area contributed by atoms with E-state index in [-0.39, 0.29) is 0 Å². The van der Waals surface area contributed by atoms with Crippen molar-refractivity contribution in [3.63, 3.8) is 0 Å². The molecule has 0 aromatic heterocycles. The molecule has 88 valence electrons. The summed E-state index contributed by atoms with van der Waals surface area (Å²) in [4.78, 5) is 0. The lowest BCUT2D eigenvalue weighted by molar-refractivity contribution is 0.145. The molecule has 1 aliphatic rings. The van der Waals surface area contributed by atoms with E-state index in [1.54, 1.807) is 0 Å². The van der Waals surface area contributed by atoms with Crippen LogP contribution in [-0.2, 0) is 0 Å². The number of hydrogen-bond acceptors (Lipinski definition) is 2. The summed E-state index contributed by atoms with van der Waals surface area (Å²) in [5.74, 6) is 0. The van der Waals surface area contributed by atoms with Gasteiger partial charge in [-0.3, -0.25) is 0 Å². The number of halogens is 1. The van der Waals surface area contributed by atoms with Crippen LogP contribution in [0.15, 0.2) is 24.3 Å². The normalized spacial score (nSPS) is 23.0. The molecule has 1 aromatic carbocycles. The van der Waals surface area contributed by atoms with E-state index in [4.69, 9.17) is 11.6 Å². The molecule has 1 heterocycles. The standard InChI is InChI=1S/C13H18ClNO/c14-12-7-2-1-6-11(12)13(16)9-10-5-3-4-8-15-10/h1-2,6-7,10,13,15-16H,3-5,8-9H2. The third-order valence-electron chi connectivity index (χ3n) is 3.18. The van der Waals surface area contributed by atoms with Gasteiger partial charge in [0.25, 0.3) is 0 Å². The minimum atomic E-state index is -0.454. The number of nitrogens with one attached hydrogen (secondary N) is 1. The summed E-state index contributed by atoms with van der Waals surface area (Å²) in [5, 5.41) is 14.2. The SMILES string of the molecule is OC(CC1CCCCN1)c1ccccc1Cl. The Kier molecular flexibility index (Phi) is 4.22. The van der Waals surface area contributed by atoms with Crippen molar-refractivity contribution >= 4 is 11.6 Å². The van der Waals surface area contributed by atoms with Crippen LogP contribution in [0, 0.1) is 0 Å². The van der Waals surface area contributed by atoms with E-state index in [1.807, 2.05) is 24.3 Å². The molecule has 0 spiro atoms. The Morgan fingerprint density at radius 2 is 2.19 bits per heavy atom. The third kappa shape index (κ3) is 2.97. The highest BCUT2D eigenvalue weighted by atomic mass is 35.5. The molecule has 16 heavy (non-hydrogen) atoms. The van der Waals surface area contributed by atoms with Gasteiger partial charge in [0.05, 0.1) is 6.10 Å². The van der Waals surface area contributed by atoms with Crippen LogP contribution in [0.25, 0.3) is 0 Å². The van der Waals surface area contributed by atoms with Crippen LogP contribution in [0.1, 0.15) is 37.4 Å². The number of rotatable bonds is 3. The van der Waals surface area contributed by atoms with Crippen LogP contribution in [-0.4, -0.2) is 17.7 Å². The van der Waals surface area contributed by atoms with Crippen molar-refractivity contribution in [1.29, 1.82) is 0 Å². The van der Waals surface area contributed by atoms with Crippen LogP contribution in [0.3, 0.4) is 0 Å². The highest BCUT2D eigenvalue weighted by Gasteiger charge is 2.19. The third-order valence-corrected chi connectivity index (χ3v) is 3.53. The van der Waals surface area contributed by atoms with E-state index in [1.165, 1.54) is 12.8 Å². The van der Waals surface area contributed by atoms with Crippen LogP contribution >= 0.6 is 11.6 Å². The lowest BCUT2D eigenvalue weighted by atomic mass is 9.96. The molecular weight excluding hydrogens is 222 g/mol. The first-order valence-corrected chi connectivity index (χ1v) is 6.31. The first-order valence-electron chi connectivity index (χ1n) is 5.93. The fraction of sp³-hybridized carbons (Fsp3) is 0.538. The highest BCUT2D eigenvalue weighted by molar-refractivity contribution is 6.31. The second-order valence-corrected chi connectivity index (χ2v) is 4.83. The molecule has 1 saturated heterocycles. The Bertz CT molecular complexity index is 336. The average molecular weight is 240 g/mol. The molecule has 2 nitrogen and oxygen atoms in total. The fourth-order valence-electron chi connectivity index (χ4n) is 2.27. The van der Waals surface area contributed by atoms with Crippen molar-refractivity contribution in [1.82, 2.24) is 5.32 Å². The van der Waals surface area contributed by atoms with Gasteiger partial charge in [-0.15, -0.1) is 0 Å². The Morgan fingerprint density at radius 1 is 1.38 bits per heavy atom. The second kappa shape index (κ2) is 5.67. The largest absolute Gasteiger partial charge is 0.388 e. The van der Waals surface area contributed by atoms with E-state index in [9.17, 15) is 5.11 Å². The van der Waals surface area contributed by atoms with Crippen LogP contribution in [0.4, 0.5) is 0 Å². The van der Waals surface area contributed by atoms with Gasteiger partial charge < -0.3 is 10.4 Å². The molecule has 1 fully saturated rings. The molecular formula is C13H18ClNO. The molecule has 0 amide bonds. The number of benzene rings is 1. The number of hydrogen-bond donors (Lipinski definition) is 2. The minimum Gasteiger partial charge on any atom is -0.388 e. The summed E-state index contributed by atoms with van der Waals surface area (Å²) in [6.07, 6.45) is 3.96. The quantitative estimate of drug-likeness (QED) is 0.850. The zero-order chi connectivity index (χ0) is 11.4. The van der Waals surface area contributed by atoms with Crippen molar-refractivity contribution in [2.75, 3.05) is 6.54 Å².